The van der Waals surface area contributed by atoms with Crippen LogP contribution in [0.3, 0.4) is 0 Å². The zero-order valence-corrected chi connectivity index (χ0v) is 14.5. The van der Waals surface area contributed by atoms with E-state index in [1.54, 1.807) is 4.90 Å². The van der Waals surface area contributed by atoms with Gasteiger partial charge in [0.2, 0.25) is 5.91 Å². The number of morpholine rings is 1. The van der Waals surface area contributed by atoms with Crippen LogP contribution in [0.15, 0.2) is 30.3 Å². The van der Waals surface area contributed by atoms with Crippen LogP contribution < -0.4 is 0 Å². The fourth-order valence-corrected chi connectivity index (χ4v) is 3.59. The monoisotopic (exact) mass is 346 g/mol. The fourth-order valence-electron chi connectivity index (χ4n) is 3.59. The SMILES string of the molecule is O=C(O)C1CCN(C(=O)CN2CCO[C@@H](Cc3ccccc3)C2)CC1. The van der Waals surface area contributed by atoms with Gasteiger partial charge in [-0.05, 0) is 24.8 Å². The molecule has 2 aliphatic rings. The van der Waals surface area contributed by atoms with Crippen molar-refractivity contribution in [2.24, 2.45) is 5.92 Å². The summed E-state index contributed by atoms with van der Waals surface area (Å²) < 4.78 is 5.85. The molecular weight excluding hydrogens is 320 g/mol. The average molecular weight is 346 g/mol. The minimum absolute atomic E-state index is 0.101. The second-order valence-electron chi connectivity index (χ2n) is 6.91. The number of rotatable bonds is 5. The molecule has 1 N–H and O–H groups in total. The molecule has 0 spiro atoms. The van der Waals surface area contributed by atoms with Crippen molar-refractivity contribution in [2.75, 3.05) is 39.3 Å². The molecule has 0 saturated carbocycles. The molecular formula is C19H26N2O4. The van der Waals surface area contributed by atoms with E-state index in [9.17, 15) is 9.59 Å². The standard InChI is InChI=1S/C19H26N2O4/c22-18(21-8-6-16(7-9-21)19(23)24)14-20-10-11-25-17(13-20)12-15-4-2-1-3-5-15/h1-5,16-17H,6-14H2,(H,23,24)/t17-/m0/s1. The normalized spacial score (nSPS) is 22.7. The largest absolute Gasteiger partial charge is 0.481 e. The molecule has 1 atom stereocenters. The lowest BCUT2D eigenvalue weighted by atomic mass is 9.97. The predicted molar refractivity (Wildman–Crippen MR) is 93.3 cm³/mol. The quantitative estimate of drug-likeness (QED) is 0.869. The van der Waals surface area contributed by atoms with E-state index in [4.69, 9.17) is 9.84 Å². The summed E-state index contributed by atoms with van der Waals surface area (Å²) in [5.74, 6) is -0.948. The maximum atomic E-state index is 12.5. The lowest BCUT2D eigenvalue weighted by Crippen LogP contribution is -2.50. The van der Waals surface area contributed by atoms with E-state index < -0.39 is 5.97 Å². The lowest BCUT2D eigenvalue weighted by molar-refractivity contribution is -0.146. The number of carbonyl (C=O) groups excluding carboxylic acids is 1. The maximum Gasteiger partial charge on any atom is 0.306 e. The van der Waals surface area contributed by atoms with Gasteiger partial charge in [0.1, 0.15) is 0 Å². The van der Waals surface area contributed by atoms with Gasteiger partial charge < -0.3 is 14.7 Å². The Kier molecular flexibility index (Phi) is 6.04. The number of nitrogens with zero attached hydrogens (tertiary/aromatic N) is 2. The summed E-state index contributed by atoms with van der Waals surface area (Å²) in [5, 5.41) is 9.05. The number of piperidine rings is 1. The van der Waals surface area contributed by atoms with E-state index >= 15 is 0 Å². The topological polar surface area (TPSA) is 70.1 Å². The summed E-state index contributed by atoms with van der Waals surface area (Å²) in [5.41, 5.74) is 1.25. The van der Waals surface area contributed by atoms with Gasteiger partial charge in [-0.2, -0.15) is 0 Å². The summed E-state index contributed by atoms with van der Waals surface area (Å²) in [7, 11) is 0. The Hall–Kier alpha value is -1.92. The third-order valence-corrected chi connectivity index (χ3v) is 5.08. The highest BCUT2D eigenvalue weighted by Crippen LogP contribution is 2.18. The molecule has 0 unspecified atom stereocenters. The molecule has 6 nitrogen and oxygen atoms in total. The van der Waals surface area contributed by atoms with Crippen LogP contribution in [0.5, 0.6) is 0 Å². The number of likely N-dealkylation sites (tertiary alicyclic amines) is 1. The molecule has 2 saturated heterocycles. The van der Waals surface area contributed by atoms with Crippen LogP contribution in [0, 0.1) is 5.92 Å². The van der Waals surface area contributed by atoms with Crippen LogP contribution in [0.25, 0.3) is 0 Å². The van der Waals surface area contributed by atoms with Crippen LogP contribution in [-0.2, 0) is 20.7 Å². The number of carbonyl (C=O) groups is 2. The first-order valence-corrected chi connectivity index (χ1v) is 9.00. The fraction of sp³-hybridized carbons (Fsp3) is 0.579. The van der Waals surface area contributed by atoms with Crippen molar-refractivity contribution in [3.8, 4) is 0 Å². The van der Waals surface area contributed by atoms with Crippen LogP contribution >= 0.6 is 0 Å². The highest BCUT2D eigenvalue weighted by atomic mass is 16.5. The van der Waals surface area contributed by atoms with Gasteiger partial charge in [0.05, 0.1) is 25.2 Å². The number of aliphatic carboxylic acids is 1. The molecule has 136 valence electrons. The molecule has 0 aromatic heterocycles. The van der Waals surface area contributed by atoms with Gasteiger partial charge in [-0.25, -0.2) is 0 Å². The molecule has 1 amide bonds. The first-order valence-electron chi connectivity index (χ1n) is 9.00. The van der Waals surface area contributed by atoms with Gasteiger partial charge in [-0.15, -0.1) is 0 Å². The molecule has 2 aliphatic heterocycles. The molecule has 25 heavy (non-hydrogen) atoms. The van der Waals surface area contributed by atoms with Crippen molar-refractivity contribution in [1.82, 2.24) is 9.80 Å². The minimum Gasteiger partial charge on any atom is -0.481 e. The summed E-state index contributed by atoms with van der Waals surface area (Å²) in [6.45, 7) is 3.66. The van der Waals surface area contributed by atoms with Crippen LogP contribution in [-0.4, -0.2) is 72.2 Å². The Morgan fingerprint density at radius 1 is 1.12 bits per heavy atom. The Bertz CT molecular complexity index is 584. The zero-order chi connectivity index (χ0) is 17.6. The van der Waals surface area contributed by atoms with E-state index in [1.807, 2.05) is 18.2 Å². The van der Waals surface area contributed by atoms with Gasteiger partial charge >= 0.3 is 5.97 Å². The van der Waals surface area contributed by atoms with Crippen molar-refractivity contribution in [3.63, 3.8) is 0 Å². The van der Waals surface area contributed by atoms with Crippen molar-refractivity contribution >= 4 is 11.9 Å². The first kappa shape index (κ1) is 17.9. The lowest BCUT2D eigenvalue weighted by Gasteiger charge is -2.35. The minimum atomic E-state index is -0.746. The molecule has 0 bridgehead atoms. The summed E-state index contributed by atoms with van der Waals surface area (Å²) >= 11 is 0. The van der Waals surface area contributed by atoms with Crippen LogP contribution in [0.1, 0.15) is 18.4 Å². The van der Waals surface area contributed by atoms with Gasteiger partial charge in [0.15, 0.2) is 0 Å². The highest BCUT2D eigenvalue weighted by molar-refractivity contribution is 5.79. The van der Waals surface area contributed by atoms with E-state index in [0.29, 0.717) is 39.1 Å². The van der Waals surface area contributed by atoms with Gasteiger partial charge in [0.25, 0.3) is 0 Å². The second-order valence-corrected chi connectivity index (χ2v) is 6.91. The van der Waals surface area contributed by atoms with Gasteiger partial charge in [0, 0.05) is 26.2 Å². The van der Waals surface area contributed by atoms with Crippen molar-refractivity contribution in [2.45, 2.75) is 25.4 Å². The van der Waals surface area contributed by atoms with Crippen molar-refractivity contribution in [3.05, 3.63) is 35.9 Å². The number of hydrogen-bond acceptors (Lipinski definition) is 4. The number of hydrogen-bond donors (Lipinski definition) is 1. The molecule has 1 aromatic carbocycles. The summed E-state index contributed by atoms with van der Waals surface area (Å²) in [6, 6.07) is 10.3. The molecule has 0 aliphatic carbocycles. The number of benzene rings is 1. The number of carboxylic acid groups (broad SMARTS) is 1. The Morgan fingerprint density at radius 2 is 1.84 bits per heavy atom. The Labute approximate surface area is 148 Å². The smallest absolute Gasteiger partial charge is 0.306 e. The van der Waals surface area contributed by atoms with Gasteiger partial charge in [-0.3, -0.25) is 14.5 Å². The first-order chi connectivity index (χ1) is 12.1. The van der Waals surface area contributed by atoms with E-state index in [-0.39, 0.29) is 17.9 Å². The predicted octanol–water partition coefficient (Wildman–Crippen LogP) is 1.25. The summed E-state index contributed by atoms with van der Waals surface area (Å²) in [4.78, 5) is 27.5. The highest BCUT2D eigenvalue weighted by Gasteiger charge is 2.29. The number of amides is 1. The van der Waals surface area contributed by atoms with E-state index in [1.165, 1.54) is 5.56 Å². The zero-order valence-electron chi connectivity index (χ0n) is 14.5. The van der Waals surface area contributed by atoms with Gasteiger partial charge in [-0.1, -0.05) is 30.3 Å². The third-order valence-electron chi connectivity index (χ3n) is 5.08. The third kappa shape index (κ3) is 5.03. The average Bonchev–Trinajstić information content (AvgIpc) is 2.63. The number of carboxylic acids is 1. The van der Waals surface area contributed by atoms with Crippen LogP contribution in [0.2, 0.25) is 0 Å². The Balaban J connectivity index is 1.46. The molecule has 3 rings (SSSR count). The van der Waals surface area contributed by atoms with Crippen LogP contribution in [0.4, 0.5) is 0 Å². The molecule has 2 fully saturated rings. The maximum absolute atomic E-state index is 12.5. The Morgan fingerprint density at radius 3 is 2.52 bits per heavy atom. The number of ether oxygens (including phenoxy) is 1. The second kappa shape index (κ2) is 8.45. The van der Waals surface area contributed by atoms with E-state index in [2.05, 4.69) is 17.0 Å². The van der Waals surface area contributed by atoms with E-state index in [0.717, 1.165) is 19.5 Å². The summed E-state index contributed by atoms with van der Waals surface area (Å²) in [6.07, 6.45) is 2.08. The molecule has 0 radical (unpaired) electrons. The molecule has 6 heteroatoms. The molecule has 2 heterocycles. The van der Waals surface area contributed by atoms with Crippen molar-refractivity contribution < 1.29 is 19.4 Å². The molecule has 1 aromatic rings. The van der Waals surface area contributed by atoms with Crippen molar-refractivity contribution in [1.29, 1.82) is 0 Å².